The third-order valence-electron chi connectivity index (χ3n) is 2.22. The zero-order chi connectivity index (χ0) is 13.1. The molecule has 0 heterocycles. The van der Waals surface area contributed by atoms with Crippen molar-refractivity contribution in [3.05, 3.63) is 34.1 Å². The van der Waals surface area contributed by atoms with Gasteiger partial charge < -0.3 is 5.32 Å². The summed E-state index contributed by atoms with van der Waals surface area (Å²) in [6.45, 7) is 2.02. The van der Waals surface area contributed by atoms with Gasteiger partial charge in [-0.1, -0.05) is 22.9 Å². The van der Waals surface area contributed by atoms with Crippen LogP contribution in [0.25, 0.3) is 0 Å². The van der Waals surface area contributed by atoms with E-state index < -0.39 is 24.5 Å². The highest BCUT2D eigenvalue weighted by atomic mass is 79.9. The lowest BCUT2D eigenvalue weighted by molar-refractivity contribution is -0.140. The molecule has 0 bridgehead atoms. The minimum Gasteiger partial charge on any atom is -0.310 e. The quantitative estimate of drug-likeness (QED) is 0.822. The van der Waals surface area contributed by atoms with E-state index in [0.717, 1.165) is 6.07 Å². The third kappa shape index (κ3) is 4.63. The maximum atomic E-state index is 13.5. The minimum absolute atomic E-state index is 0.0264. The Labute approximate surface area is 105 Å². The highest BCUT2D eigenvalue weighted by molar-refractivity contribution is 9.10. The number of benzene rings is 1. The molecule has 0 aliphatic heterocycles. The maximum absolute atomic E-state index is 13.5. The second-order valence-corrected chi connectivity index (χ2v) is 4.51. The molecule has 0 spiro atoms. The molecule has 1 nitrogen and oxygen atoms in total. The first-order valence-corrected chi connectivity index (χ1v) is 5.88. The predicted octanol–water partition coefficient (Wildman–Crippen LogP) is 4.19. The maximum Gasteiger partial charge on any atom is 0.390 e. The number of halogens is 5. The monoisotopic (exact) mass is 313 g/mol. The summed E-state index contributed by atoms with van der Waals surface area (Å²) in [5.41, 5.74) is 0.0264. The fourth-order valence-electron chi connectivity index (χ4n) is 1.55. The second-order valence-electron chi connectivity index (χ2n) is 3.60. The second kappa shape index (κ2) is 5.82. The highest BCUT2D eigenvalue weighted by Gasteiger charge is 2.33. The van der Waals surface area contributed by atoms with Gasteiger partial charge in [-0.25, -0.2) is 4.39 Å². The standard InChI is InChI=1S/C11H12BrF4N/c1-2-17-10(6-11(14,15)16)8-5-7(12)3-4-9(8)13/h3-5,10,17H,2,6H2,1H3. The van der Waals surface area contributed by atoms with Crippen LogP contribution in [0.1, 0.15) is 24.9 Å². The largest absolute Gasteiger partial charge is 0.390 e. The SMILES string of the molecule is CCNC(CC(F)(F)F)c1cc(Br)ccc1F. The van der Waals surface area contributed by atoms with E-state index >= 15 is 0 Å². The van der Waals surface area contributed by atoms with Crippen molar-refractivity contribution in [2.45, 2.75) is 25.6 Å². The van der Waals surface area contributed by atoms with Gasteiger partial charge in [0.2, 0.25) is 0 Å². The van der Waals surface area contributed by atoms with Crippen LogP contribution < -0.4 is 5.32 Å². The van der Waals surface area contributed by atoms with E-state index in [1.54, 1.807) is 6.92 Å². The molecule has 17 heavy (non-hydrogen) atoms. The molecule has 0 saturated heterocycles. The third-order valence-corrected chi connectivity index (χ3v) is 2.71. The number of alkyl halides is 3. The van der Waals surface area contributed by atoms with Gasteiger partial charge in [-0.05, 0) is 24.7 Å². The van der Waals surface area contributed by atoms with Crippen molar-refractivity contribution >= 4 is 15.9 Å². The lowest BCUT2D eigenvalue weighted by Gasteiger charge is -2.20. The number of rotatable bonds is 4. The molecule has 0 aliphatic carbocycles. The van der Waals surface area contributed by atoms with Crippen molar-refractivity contribution < 1.29 is 17.6 Å². The molecule has 1 rings (SSSR count). The minimum atomic E-state index is -4.33. The number of hydrogen-bond acceptors (Lipinski definition) is 1. The molecule has 1 unspecified atom stereocenters. The van der Waals surface area contributed by atoms with Crippen molar-refractivity contribution in [3.63, 3.8) is 0 Å². The van der Waals surface area contributed by atoms with Gasteiger partial charge in [0.1, 0.15) is 5.82 Å². The Morgan fingerprint density at radius 3 is 2.53 bits per heavy atom. The van der Waals surface area contributed by atoms with Gasteiger partial charge in [0.05, 0.1) is 6.42 Å². The van der Waals surface area contributed by atoms with E-state index in [0.29, 0.717) is 11.0 Å². The fourth-order valence-corrected chi connectivity index (χ4v) is 1.93. The Morgan fingerprint density at radius 2 is 2.00 bits per heavy atom. The van der Waals surface area contributed by atoms with Gasteiger partial charge >= 0.3 is 6.18 Å². The van der Waals surface area contributed by atoms with Crippen molar-refractivity contribution in [1.82, 2.24) is 5.32 Å². The number of hydrogen-bond donors (Lipinski definition) is 1. The van der Waals surface area contributed by atoms with Crippen LogP contribution in [0.3, 0.4) is 0 Å². The lowest BCUT2D eigenvalue weighted by Crippen LogP contribution is -2.27. The molecule has 1 atom stereocenters. The normalized spacial score (nSPS) is 13.8. The molecule has 0 aromatic heterocycles. The van der Waals surface area contributed by atoms with Crippen LogP contribution in [0.5, 0.6) is 0 Å². The molecular weight excluding hydrogens is 302 g/mol. The summed E-state index contributed by atoms with van der Waals surface area (Å²) >= 11 is 3.12. The van der Waals surface area contributed by atoms with E-state index in [1.165, 1.54) is 12.1 Å². The van der Waals surface area contributed by atoms with Gasteiger partial charge in [-0.2, -0.15) is 13.2 Å². The van der Waals surface area contributed by atoms with Crippen LogP contribution in [0.15, 0.2) is 22.7 Å². The van der Waals surface area contributed by atoms with E-state index in [1.807, 2.05) is 0 Å². The van der Waals surface area contributed by atoms with Crippen molar-refractivity contribution in [1.29, 1.82) is 0 Å². The molecule has 0 aliphatic rings. The molecular formula is C11H12BrF4N. The van der Waals surface area contributed by atoms with Gasteiger partial charge in [0.15, 0.2) is 0 Å². The van der Waals surface area contributed by atoms with E-state index in [2.05, 4.69) is 21.2 Å². The first kappa shape index (κ1) is 14.4. The topological polar surface area (TPSA) is 12.0 Å². The molecule has 1 aromatic rings. The Morgan fingerprint density at radius 1 is 1.35 bits per heavy atom. The molecule has 0 amide bonds. The molecule has 1 aromatic carbocycles. The molecule has 1 N–H and O–H groups in total. The van der Waals surface area contributed by atoms with Gasteiger partial charge in [-0.15, -0.1) is 0 Å². The van der Waals surface area contributed by atoms with Crippen molar-refractivity contribution in [2.75, 3.05) is 6.54 Å². The zero-order valence-electron chi connectivity index (χ0n) is 9.11. The van der Waals surface area contributed by atoms with Crippen LogP contribution in [0.4, 0.5) is 17.6 Å². The number of nitrogens with one attached hydrogen (secondary N) is 1. The first-order valence-electron chi connectivity index (χ1n) is 5.08. The van der Waals surface area contributed by atoms with E-state index in [9.17, 15) is 17.6 Å². The van der Waals surface area contributed by atoms with Gasteiger partial charge in [-0.3, -0.25) is 0 Å². The van der Waals surface area contributed by atoms with Crippen molar-refractivity contribution in [2.24, 2.45) is 0 Å². The van der Waals surface area contributed by atoms with Crippen LogP contribution in [0, 0.1) is 5.82 Å². The molecule has 0 radical (unpaired) electrons. The average molecular weight is 314 g/mol. The molecule has 0 saturated carbocycles. The van der Waals surface area contributed by atoms with Crippen LogP contribution in [0.2, 0.25) is 0 Å². The summed E-state index contributed by atoms with van der Waals surface area (Å²) in [5.74, 6) is -0.636. The van der Waals surface area contributed by atoms with Crippen LogP contribution in [-0.4, -0.2) is 12.7 Å². The summed E-state index contributed by atoms with van der Waals surface area (Å²) < 4.78 is 51.2. The summed E-state index contributed by atoms with van der Waals surface area (Å²) in [6.07, 6.45) is -5.42. The van der Waals surface area contributed by atoms with Crippen LogP contribution in [-0.2, 0) is 0 Å². The Balaban J connectivity index is 3.00. The zero-order valence-corrected chi connectivity index (χ0v) is 10.7. The summed E-state index contributed by atoms with van der Waals surface area (Å²) in [4.78, 5) is 0. The predicted molar refractivity (Wildman–Crippen MR) is 61.2 cm³/mol. The van der Waals surface area contributed by atoms with E-state index in [4.69, 9.17) is 0 Å². The summed E-state index contributed by atoms with van der Waals surface area (Å²) in [7, 11) is 0. The summed E-state index contributed by atoms with van der Waals surface area (Å²) in [6, 6.07) is 2.92. The first-order chi connectivity index (χ1) is 7.83. The van der Waals surface area contributed by atoms with Crippen LogP contribution >= 0.6 is 15.9 Å². The molecule has 96 valence electrons. The van der Waals surface area contributed by atoms with Gasteiger partial charge in [0, 0.05) is 16.1 Å². The van der Waals surface area contributed by atoms with E-state index in [-0.39, 0.29) is 5.56 Å². The lowest BCUT2D eigenvalue weighted by atomic mass is 10.0. The summed E-state index contributed by atoms with van der Waals surface area (Å²) in [5, 5.41) is 2.64. The smallest absolute Gasteiger partial charge is 0.310 e. The molecule has 0 fully saturated rings. The Kier molecular flexibility index (Phi) is 4.94. The molecule has 6 heteroatoms. The highest BCUT2D eigenvalue weighted by Crippen LogP contribution is 2.31. The Hall–Kier alpha value is -0.620. The fraction of sp³-hybridized carbons (Fsp3) is 0.455. The Bertz CT molecular complexity index is 378. The van der Waals surface area contributed by atoms with Crippen molar-refractivity contribution in [3.8, 4) is 0 Å². The van der Waals surface area contributed by atoms with Gasteiger partial charge in [0.25, 0.3) is 0 Å². The average Bonchev–Trinajstić information content (AvgIpc) is 2.19.